The molecule has 1 unspecified atom stereocenters. The van der Waals surface area contributed by atoms with Crippen molar-refractivity contribution in [1.82, 2.24) is 15.5 Å². The van der Waals surface area contributed by atoms with E-state index < -0.39 is 9.84 Å². The third kappa shape index (κ3) is 9.91. The van der Waals surface area contributed by atoms with Gasteiger partial charge in [0.15, 0.2) is 15.8 Å². The Balaban J connectivity index is 1.75. The summed E-state index contributed by atoms with van der Waals surface area (Å²) in [6.07, 6.45) is 0.640. The Kier molecular flexibility index (Phi) is 10.6. The lowest BCUT2D eigenvalue weighted by atomic mass is 10.2. The highest BCUT2D eigenvalue weighted by atomic mass is 32.2. The summed E-state index contributed by atoms with van der Waals surface area (Å²) in [5, 5.41) is 6.47. The third-order valence-electron chi connectivity index (χ3n) is 4.80. The van der Waals surface area contributed by atoms with Gasteiger partial charge in [0.25, 0.3) is 0 Å². The molecule has 170 valence electrons. The minimum atomic E-state index is -3.12. The highest BCUT2D eigenvalue weighted by molar-refractivity contribution is 7.90. The molecule has 1 aliphatic heterocycles. The molecule has 7 nitrogen and oxygen atoms in total. The predicted octanol–water partition coefficient (Wildman–Crippen LogP) is 1.90. The largest absolute Gasteiger partial charge is 0.374 e. The molecule has 0 saturated carbocycles. The number of ether oxygens (including phenoxy) is 1. The number of rotatable bonds is 11. The van der Waals surface area contributed by atoms with Crippen LogP contribution in [0.25, 0.3) is 0 Å². The van der Waals surface area contributed by atoms with Crippen LogP contribution < -0.4 is 10.6 Å². The number of sulfone groups is 1. The van der Waals surface area contributed by atoms with E-state index >= 15 is 0 Å². The number of hydrogen-bond donors (Lipinski definition) is 2. The van der Waals surface area contributed by atoms with Crippen molar-refractivity contribution in [2.45, 2.75) is 39.0 Å². The van der Waals surface area contributed by atoms with E-state index in [9.17, 15) is 8.42 Å². The Bertz CT molecular complexity index is 738. The van der Waals surface area contributed by atoms with Crippen LogP contribution in [0.3, 0.4) is 0 Å². The van der Waals surface area contributed by atoms with Gasteiger partial charge in [-0.3, -0.25) is 9.89 Å². The first-order chi connectivity index (χ1) is 14.4. The summed E-state index contributed by atoms with van der Waals surface area (Å²) in [6.45, 7) is 12.1. The number of morpholine rings is 1. The maximum Gasteiger partial charge on any atom is 0.191 e. The Morgan fingerprint density at radius 3 is 2.73 bits per heavy atom. The van der Waals surface area contributed by atoms with Crippen molar-refractivity contribution in [2.75, 3.05) is 51.6 Å². The quantitative estimate of drug-likeness (QED) is 0.312. The molecule has 0 amide bonds. The fourth-order valence-corrected chi connectivity index (χ4v) is 4.94. The Morgan fingerprint density at radius 2 is 2.03 bits per heavy atom. The lowest BCUT2D eigenvalue weighted by Crippen LogP contribution is -2.46. The number of nitrogens with zero attached hydrogens (tertiary/aromatic N) is 2. The van der Waals surface area contributed by atoms with E-state index in [2.05, 4.69) is 34.4 Å². The topological polar surface area (TPSA) is 83.0 Å². The molecule has 1 saturated heterocycles. The molecule has 0 spiro atoms. The monoisotopic (exact) mass is 438 g/mol. The molecule has 0 aliphatic carbocycles. The van der Waals surface area contributed by atoms with Gasteiger partial charge in [-0.15, -0.1) is 0 Å². The molecule has 1 fully saturated rings. The lowest BCUT2D eigenvalue weighted by molar-refractivity contribution is -0.0261. The van der Waals surface area contributed by atoms with Crippen LogP contribution in [0.4, 0.5) is 0 Å². The van der Waals surface area contributed by atoms with Crippen molar-refractivity contribution in [3.8, 4) is 0 Å². The molecule has 1 heterocycles. The summed E-state index contributed by atoms with van der Waals surface area (Å²) in [5.41, 5.74) is 0.833. The smallest absolute Gasteiger partial charge is 0.191 e. The molecule has 1 aromatic carbocycles. The molecule has 1 aliphatic rings. The fourth-order valence-electron chi connectivity index (χ4n) is 3.51. The molecule has 0 bridgehead atoms. The van der Waals surface area contributed by atoms with Gasteiger partial charge >= 0.3 is 0 Å². The van der Waals surface area contributed by atoms with E-state index in [1.807, 2.05) is 37.3 Å². The van der Waals surface area contributed by atoms with Crippen molar-refractivity contribution < 1.29 is 13.2 Å². The molecular formula is C22H38N4O3S. The Labute approximate surface area is 182 Å². The normalized spacial score (nSPS) is 18.5. The second kappa shape index (κ2) is 12.9. The van der Waals surface area contributed by atoms with Crippen molar-refractivity contribution in [3.63, 3.8) is 0 Å². The van der Waals surface area contributed by atoms with Crippen molar-refractivity contribution in [3.05, 3.63) is 35.9 Å². The molecule has 30 heavy (non-hydrogen) atoms. The van der Waals surface area contributed by atoms with Gasteiger partial charge < -0.3 is 15.4 Å². The average Bonchev–Trinajstić information content (AvgIpc) is 2.69. The van der Waals surface area contributed by atoms with Gasteiger partial charge in [0, 0.05) is 32.7 Å². The van der Waals surface area contributed by atoms with Crippen molar-refractivity contribution in [1.29, 1.82) is 0 Å². The van der Waals surface area contributed by atoms with Gasteiger partial charge in [0.2, 0.25) is 0 Å². The fraction of sp³-hybridized carbons (Fsp3) is 0.682. The second-order valence-corrected chi connectivity index (χ2v) is 10.4. The number of benzene rings is 1. The molecule has 2 N–H and O–H groups in total. The first kappa shape index (κ1) is 24.6. The Morgan fingerprint density at radius 1 is 1.27 bits per heavy atom. The third-order valence-corrected chi connectivity index (χ3v) is 6.48. The molecule has 1 atom stereocenters. The molecule has 2 rings (SSSR count). The average molecular weight is 439 g/mol. The van der Waals surface area contributed by atoms with E-state index in [0.29, 0.717) is 31.4 Å². The summed E-state index contributed by atoms with van der Waals surface area (Å²) in [5.74, 6) is 1.60. The zero-order chi connectivity index (χ0) is 21.8. The number of aliphatic imine (C=N–C) groups is 1. The molecular weight excluding hydrogens is 400 g/mol. The van der Waals surface area contributed by atoms with Gasteiger partial charge in [0.05, 0.1) is 30.8 Å². The lowest BCUT2D eigenvalue weighted by Gasteiger charge is -2.33. The first-order valence-electron chi connectivity index (χ1n) is 11.0. The van der Waals surface area contributed by atoms with Crippen LogP contribution in [0.15, 0.2) is 35.3 Å². The predicted molar refractivity (Wildman–Crippen MR) is 124 cm³/mol. The van der Waals surface area contributed by atoms with Crippen LogP contribution in [0.2, 0.25) is 0 Å². The van der Waals surface area contributed by atoms with Crippen LogP contribution in [0, 0.1) is 5.92 Å². The summed E-state index contributed by atoms with van der Waals surface area (Å²) in [4.78, 5) is 7.08. The van der Waals surface area contributed by atoms with Crippen LogP contribution in [-0.4, -0.2) is 77.0 Å². The highest BCUT2D eigenvalue weighted by Gasteiger charge is 2.20. The van der Waals surface area contributed by atoms with E-state index in [4.69, 9.17) is 4.74 Å². The van der Waals surface area contributed by atoms with E-state index in [1.165, 1.54) is 0 Å². The maximum atomic E-state index is 12.3. The number of hydrogen-bond acceptors (Lipinski definition) is 5. The van der Waals surface area contributed by atoms with Crippen LogP contribution in [0.5, 0.6) is 0 Å². The van der Waals surface area contributed by atoms with Gasteiger partial charge in [-0.25, -0.2) is 8.42 Å². The minimum Gasteiger partial charge on any atom is -0.374 e. The minimum absolute atomic E-state index is 0.0912. The molecule has 0 radical (unpaired) electrons. The summed E-state index contributed by atoms with van der Waals surface area (Å²) in [6, 6.07) is 9.32. The van der Waals surface area contributed by atoms with Crippen molar-refractivity contribution >= 4 is 15.8 Å². The molecule has 8 heteroatoms. The summed E-state index contributed by atoms with van der Waals surface area (Å²) in [7, 11) is -3.12. The van der Waals surface area contributed by atoms with Gasteiger partial charge in [0.1, 0.15) is 0 Å². The van der Waals surface area contributed by atoms with Crippen LogP contribution in [0.1, 0.15) is 32.8 Å². The summed E-state index contributed by atoms with van der Waals surface area (Å²) >= 11 is 0. The Hall–Kier alpha value is -1.64. The standard InChI is InChI=1S/C22H38N4O3S/c1-4-23-22(25-15-21-17-26(12-13-29-21)16-19(2)3)24-11-8-14-30(27,28)18-20-9-6-5-7-10-20/h5-7,9-10,19,21H,4,8,11-18H2,1-3H3,(H2,23,24,25). The van der Waals surface area contributed by atoms with Crippen LogP contribution >= 0.6 is 0 Å². The molecule has 1 aromatic rings. The molecule has 0 aromatic heterocycles. The maximum absolute atomic E-state index is 12.3. The zero-order valence-corrected chi connectivity index (χ0v) is 19.5. The SMILES string of the molecule is CCNC(=NCC1CN(CC(C)C)CCO1)NCCCS(=O)(=O)Cc1ccccc1. The zero-order valence-electron chi connectivity index (χ0n) is 18.6. The van der Waals surface area contributed by atoms with Crippen molar-refractivity contribution in [2.24, 2.45) is 10.9 Å². The first-order valence-corrected chi connectivity index (χ1v) is 12.8. The highest BCUT2D eigenvalue weighted by Crippen LogP contribution is 2.09. The van der Waals surface area contributed by atoms with Gasteiger partial charge in [-0.05, 0) is 24.8 Å². The van der Waals surface area contributed by atoms with Crippen LogP contribution in [-0.2, 0) is 20.3 Å². The number of guanidine groups is 1. The van der Waals surface area contributed by atoms with Gasteiger partial charge in [-0.2, -0.15) is 0 Å². The van der Waals surface area contributed by atoms with Gasteiger partial charge in [-0.1, -0.05) is 44.2 Å². The van der Waals surface area contributed by atoms with E-state index in [0.717, 1.165) is 38.3 Å². The second-order valence-electron chi connectivity index (χ2n) is 8.22. The summed E-state index contributed by atoms with van der Waals surface area (Å²) < 4.78 is 30.5. The van der Waals surface area contributed by atoms with E-state index in [-0.39, 0.29) is 17.6 Å². The van der Waals surface area contributed by atoms with E-state index in [1.54, 1.807) is 0 Å². The number of nitrogens with one attached hydrogen (secondary N) is 2.